The number of nitrogens with zero attached hydrogens (tertiary/aromatic N) is 1. The molecule has 2 aliphatic rings. The van der Waals surface area contributed by atoms with E-state index >= 15 is 0 Å². The smallest absolute Gasteiger partial charge is 0.210 e. The molecule has 0 aliphatic carbocycles. The van der Waals surface area contributed by atoms with Gasteiger partial charge < -0.3 is 14.6 Å². The number of benzene rings is 1. The van der Waals surface area contributed by atoms with Gasteiger partial charge in [-0.05, 0) is 53.6 Å². The second kappa shape index (κ2) is 6.93. The third kappa shape index (κ3) is 3.14. The second-order valence-corrected chi connectivity index (χ2v) is 5.08. The summed E-state index contributed by atoms with van der Waals surface area (Å²) in [4.78, 5) is -0.516. The first-order valence-corrected chi connectivity index (χ1v) is 6.90. The van der Waals surface area contributed by atoms with Gasteiger partial charge in [0.1, 0.15) is 0 Å². The van der Waals surface area contributed by atoms with Crippen LogP contribution in [0.4, 0.5) is 0 Å². The number of aliphatic hydroxyl groups is 1. The molecule has 0 aromatic heterocycles. The summed E-state index contributed by atoms with van der Waals surface area (Å²) < 4.78 is 197. The molecule has 1 aromatic carbocycles. The van der Waals surface area contributed by atoms with Crippen molar-refractivity contribution in [1.29, 1.82) is 1.43 Å². The second-order valence-electron chi connectivity index (χ2n) is 5.08. The maximum atomic E-state index is 9.46. The lowest BCUT2D eigenvalue weighted by Crippen LogP contribution is -2.49. The summed E-state index contributed by atoms with van der Waals surface area (Å²) in [6.45, 7) is -10.9. The topological polar surface area (TPSA) is 41.9 Å². The van der Waals surface area contributed by atoms with Gasteiger partial charge in [0.15, 0.2) is 11.5 Å². The third-order valence-electron chi connectivity index (χ3n) is 3.35. The zero-order valence-electron chi connectivity index (χ0n) is 35.2. The van der Waals surface area contributed by atoms with Gasteiger partial charge in [-0.3, -0.25) is 4.90 Å². The predicted molar refractivity (Wildman–Crippen MR) is 95.8 cm³/mol. The minimum atomic E-state index is -4.49. The van der Waals surface area contributed by atoms with Crippen LogP contribution >= 0.6 is 0 Å². The highest BCUT2D eigenvalue weighted by molar-refractivity contribution is 5.50. The van der Waals surface area contributed by atoms with Gasteiger partial charge in [0.2, 0.25) is 1.43 Å². The van der Waals surface area contributed by atoms with Crippen LogP contribution < -0.4 is 9.47 Å². The molecule has 3 rings (SSSR count). The summed E-state index contributed by atoms with van der Waals surface area (Å²) in [5, 5.41) is 4.25. The first kappa shape index (κ1) is 4.92. The predicted octanol–water partition coefficient (Wildman–Crippen LogP) is 3.59. The molecule has 1 saturated heterocycles. The first-order chi connectivity index (χ1) is 20.0. The Hall–Kier alpha value is -1.26. The fourth-order valence-electron chi connectivity index (χ4n) is 2.34. The highest BCUT2D eigenvalue weighted by Gasteiger charge is 2.40. The molecule has 5 unspecified atom stereocenters. The van der Waals surface area contributed by atoms with E-state index in [1.165, 1.54) is 0 Å². The standard InChI is InChI=1S/C20H31NO3/c1-12(2)6-14-11-21-10-13(3)15-7-19(23-4)20(24-5)8-16(15)17(21)9-18(14)22/h7-8,12-14,17-18,22H,6,9-11H2,1-5H3/i1D3,5D3,6D2,7D,8D,9D2,10D2,11D2,12D,13D,14D,17D,18D,22D. The van der Waals surface area contributed by atoms with E-state index in [4.69, 9.17) is 38.3 Å². The van der Waals surface area contributed by atoms with Gasteiger partial charge in [0, 0.05) is 38.2 Å². The average molecular weight is 356 g/mol. The summed E-state index contributed by atoms with van der Waals surface area (Å²) in [6, 6.07) is -6.50. The number of rotatable bonds is 5. The van der Waals surface area contributed by atoms with E-state index in [0.29, 0.717) is 13.8 Å². The van der Waals surface area contributed by atoms with Gasteiger partial charge in [-0.15, -0.1) is 0 Å². The maximum Gasteiger partial charge on any atom is 0.210 e. The molecule has 2 heterocycles. The van der Waals surface area contributed by atoms with Crippen LogP contribution in [0.5, 0.6) is 11.5 Å². The number of methoxy groups -OCH3 is 2. The molecule has 0 spiro atoms. The number of hydrogen-bond donors (Lipinski definition) is 1. The van der Waals surface area contributed by atoms with Crippen molar-refractivity contribution < 1.29 is 43.4 Å². The van der Waals surface area contributed by atoms with Crippen molar-refractivity contribution in [3.63, 3.8) is 0 Å². The lowest BCUT2D eigenvalue weighted by Gasteiger charge is -2.48. The molecule has 1 N–H and O–H groups in total. The van der Waals surface area contributed by atoms with E-state index in [0.717, 1.165) is 7.11 Å². The minimum absolute atomic E-state index is 0.378. The van der Waals surface area contributed by atoms with Crippen LogP contribution in [-0.4, -0.2) is 44.7 Å². The van der Waals surface area contributed by atoms with Gasteiger partial charge in [-0.25, -0.2) is 0 Å². The summed E-state index contributed by atoms with van der Waals surface area (Å²) in [5.41, 5.74) is -2.40. The average Bonchev–Trinajstić information content (AvgIpc) is 2.85. The van der Waals surface area contributed by atoms with Gasteiger partial charge in [-0.2, -0.15) is 0 Å². The highest BCUT2D eigenvalue weighted by Crippen LogP contribution is 2.46. The normalized spacial score (nSPS) is 66.0. The molecule has 1 aromatic rings. The van der Waals surface area contributed by atoms with E-state index in [1.54, 1.807) is 0 Å². The zero-order valence-corrected chi connectivity index (χ0v) is 13.2. The summed E-state index contributed by atoms with van der Waals surface area (Å²) in [5.74, 6) is -13.3. The lowest BCUT2D eigenvalue weighted by atomic mass is 9.77. The summed E-state index contributed by atoms with van der Waals surface area (Å²) in [7, 11) is -2.52. The van der Waals surface area contributed by atoms with Crippen molar-refractivity contribution in [1.82, 2.24) is 4.90 Å². The largest absolute Gasteiger partial charge is 0.493 e. The molecule has 4 nitrogen and oxygen atoms in total. The maximum absolute atomic E-state index is 9.46. The lowest BCUT2D eigenvalue weighted by molar-refractivity contribution is -0.0223. The Bertz CT molecular complexity index is 1420. The van der Waals surface area contributed by atoms with Gasteiger partial charge in [-0.1, -0.05) is 20.7 Å². The molecular weight excluding hydrogens is 302 g/mol. The number of fused-ring (bicyclic) bond motifs is 3. The molecule has 5 atom stereocenters. The van der Waals surface area contributed by atoms with Crippen molar-refractivity contribution in [3.05, 3.63) is 23.2 Å². The Kier molecular flexibility index (Phi) is 1.42. The van der Waals surface area contributed by atoms with Crippen molar-refractivity contribution in [2.24, 2.45) is 11.8 Å². The molecule has 0 bridgehead atoms. The monoisotopic (exact) mass is 355 g/mol. The highest BCUT2D eigenvalue weighted by atomic mass is 16.5. The van der Waals surface area contributed by atoms with Crippen molar-refractivity contribution >= 4 is 0 Å². The van der Waals surface area contributed by atoms with E-state index in [2.05, 4.69) is 5.11 Å². The van der Waals surface area contributed by atoms with Gasteiger partial charge >= 0.3 is 0 Å². The van der Waals surface area contributed by atoms with Crippen molar-refractivity contribution in [2.75, 3.05) is 27.1 Å². The summed E-state index contributed by atoms with van der Waals surface area (Å²) >= 11 is 0. The Morgan fingerprint density at radius 1 is 1.54 bits per heavy atom. The van der Waals surface area contributed by atoms with E-state index in [1.807, 2.05) is 0 Å². The van der Waals surface area contributed by atoms with Crippen LogP contribution in [0.1, 0.15) is 85.3 Å². The number of piperidine rings is 1. The van der Waals surface area contributed by atoms with E-state index in [-0.39, 0.29) is 0 Å². The van der Waals surface area contributed by atoms with Gasteiger partial charge in [0.05, 0.1) is 29.8 Å². The molecule has 0 saturated carbocycles. The Morgan fingerprint density at radius 2 is 2.33 bits per heavy atom. The van der Waals surface area contributed by atoms with E-state index in [9.17, 15) is 1.37 Å². The van der Waals surface area contributed by atoms with Crippen LogP contribution in [0.3, 0.4) is 0 Å². The molecule has 2 aliphatic heterocycles. The molecular formula is C20H31NO3. The fourth-order valence-corrected chi connectivity index (χ4v) is 2.34. The molecule has 0 radical (unpaired) electrons. The molecule has 134 valence electrons. The van der Waals surface area contributed by atoms with Crippen LogP contribution in [0, 0.1) is 11.8 Å². The molecule has 24 heavy (non-hydrogen) atoms. The van der Waals surface area contributed by atoms with Crippen molar-refractivity contribution in [3.8, 4) is 11.5 Å². The molecule has 1 fully saturated rings. The van der Waals surface area contributed by atoms with Crippen LogP contribution in [0.15, 0.2) is 12.1 Å². The Balaban J connectivity index is 2.76. The first-order valence-electron chi connectivity index (χ1n) is 17.8. The minimum Gasteiger partial charge on any atom is -0.493 e. The Labute approximate surface area is 176 Å². The summed E-state index contributed by atoms with van der Waals surface area (Å²) in [6.07, 6.45) is -13.1. The quantitative estimate of drug-likeness (QED) is 0.876. The SMILES string of the molecule is [2H]OC1([2H])C([2H])([2H])C2([2H])c3c([2H])c(OC([2H])([2H])[2H])c(OC)c([2H])c3C([2H])(C)C([2H])([2H])N2C([2H])([2H])C1([2H])C([2H])([2H])C([2H])(C)C([2H])([2H])[2H]. The van der Waals surface area contributed by atoms with Crippen LogP contribution in [0.25, 0.3) is 0 Å². The molecule has 4 heteroatoms. The van der Waals surface area contributed by atoms with Gasteiger partial charge in [0.25, 0.3) is 0 Å². The van der Waals surface area contributed by atoms with E-state index < -0.39 is 109 Å². The van der Waals surface area contributed by atoms with Crippen molar-refractivity contribution in [2.45, 2.75) is 51.4 Å². The zero-order chi connectivity index (χ0) is 36.7. The van der Waals surface area contributed by atoms with Crippen LogP contribution in [-0.2, 0) is 0 Å². The molecule has 0 amide bonds. The Morgan fingerprint density at radius 3 is 3.04 bits per heavy atom. The fraction of sp³-hybridized carbons (Fsp3) is 0.700. The van der Waals surface area contributed by atoms with Crippen LogP contribution in [0.2, 0.25) is 0 Å². The number of ether oxygens (including phenoxy) is 2. The number of hydrogen-bond acceptors (Lipinski definition) is 4. The third-order valence-corrected chi connectivity index (χ3v) is 3.35.